The van der Waals surface area contributed by atoms with Crippen LogP contribution in [-0.4, -0.2) is 54.3 Å². The van der Waals surface area contributed by atoms with E-state index in [1.165, 1.54) is 22.9 Å². The van der Waals surface area contributed by atoms with Gasteiger partial charge in [-0.1, -0.05) is 18.7 Å². The van der Waals surface area contributed by atoms with Crippen LogP contribution in [0.4, 0.5) is 0 Å². The minimum absolute atomic E-state index is 0.127. The van der Waals surface area contributed by atoms with Gasteiger partial charge in [-0.15, -0.1) is 10.2 Å². The summed E-state index contributed by atoms with van der Waals surface area (Å²) in [5.74, 6) is 7.55. The number of likely N-dealkylation sites (tertiary alicyclic amines) is 1. The van der Waals surface area contributed by atoms with Crippen LogP contribution in [0.25, 0.3) is 5.95 Å². The molecule has 9 heteroatoms. The zero-order valence-electron chi connectivity index (χ0n) is 14.3. The van der Waals surface area contributed by atoms with Crippen LogP contribution in [-0.2, 0) is 4.79 Å². The van der Waals surface area contributed by atoms with Gasteiger partial charge in [0.05, 0.1) is 11.4 Å². The summed E-state index contributed by atoms with van der Waals surface area (Å²) in [7, 11) is 0. The molecule has 0 aliphatic carbocycles. The quantitative estimate of drug-likeness (QED) is 0.657. The van der Waals surface area contributed by atoms with E-state index in [0.29, 0.717) is 22.8 Å². The summed E-state index contributed by atoms with van der Waals surface area (Å²) in [6.45, 7) is 7.71. The van der Waals surface area contributed by atoms with Gasteiger partial charge < -0.3 is 10.7 Å². The molecule has 1 fully saturated rings. The van der Waals surface area contributed by atoms with Crippen LogP contribution < -0.4 is 5.84 Å². The fourth-order valence-corrected chi connectivity index (χ4v) is 3.73. The number of rotatable bonds is 4. The molecule has 1 aliphatic rings. The Hall–Kier alpha value is -2.03. The third-order valence-electron chi connectivity index (χ3n) is 4.18. The molecule has 0 saturated carbocycles. The fraction of sp³-hybridized carbons (Fsp3) is 0.600. The first-order valence-corrected chi connectivity index (χ1v) is 9.09. The molecule has 1 unspecified atom stereocenters. The first-order chi connectivity index (χ1) is 11.5. The Morgan fingerprint density at radius 1 is 1.42 bits per heavy atom. The van der Waals surface area contributed by atoms with Crippen LogP contribution in [0.5, 0.6) is 0 Å². The fourth-order valence-electron chi connectivity index (χ4n) is 2.98. The highest BCUT2D eigenvalue weighted by Gasteiger charge is 2.22. The number of nitrogens with two attached hydrogens (primary N) is 1. The first kappa shape index (κ1) is 16.8. The minimum Gasteiger partial charge on any atom is -0.342 e. The topological polar surface area (TPSA) is 94.9 Å². The van der Waals surface area contributed by atoms with Crippen molar-refractivity contribution in [1.82, 2.24) is 29.6 Å². The molecule has 1 saturated heterocycles. The lowest BCUT2D eigenvalue weighted by Gasteiger charge is -2.30. The lowest BCUT2D eigenvalue weighted by molar-refractivity contribution is -0.130. The molecule has 1 atom stereocenters. The van der Waals surface area contributed by atoms with Crippen molar-refractivity contribution in [1.29, 1.82) is 0 Å². The van der Waals surface area contributed by atoms with E-state index in [9.17, 15) is 4.79 Å². The maximum absolute atomic E-state index is 12.4. The summed E-state index contributed by atoms with van der Waals surface area (Å²) in [5.41, 5.74) is 1.82. The summed E-state index contributed by atoms with van der Waals surface area (Å²) >= 11 is 1.31. The molecule has 2 N–H and O–H groups in total. The average Bonchev–Trinajstić information content (AvgIpc) is 3.06. The number of hydrogen-bond donors (Lipinski definition) is 1. The van der Waals surface area contributed by atoms with Gasteiger partial charge in [-0.25, -0.2) is 9.36 Å². The molecule has 0 bridgehead atoms. The monoisotopic (exact) mass is 349 g/mol. The third kappa shape index (κ3) is 3.40. The van der Waals surface area contributed by atoms with Gasteiger partial charge in [-0.3, -0.25) is 4.79 Å². The predicted molar refractivity (Wildman–Crippen MR) is 92.5 cm³/mol. The van der Waals surface area contributed by atoms with Gasteiger partial charge in [0.25, 0.3) is 5.95 Å². The van der Waals surface area contributed by atoms with Crippen molar-refractivity contribution in [2.24, 2.45) is 5.92 Å². The maximum atomic E-state index is 12.4. The SMILES string of the molecule is Cc1cc(C)n(-c2nnc(SCC(=O)N3CCCC(C)C3)n2N)n1. The number of amides is 1. The lowest BCUT2D eigenvalue weighted by atomic mass is 10.0. The number of nitrogens with zero attached hydrogens (tertiary/aromatic N) is 6. The minimum atomic E-state index is 0.127. The standard InChI is InChI=1S/C15H23N7OS/c1-10-5-4-6-20(8-10)13(23)9-24-15-18-17-14(21(15)16)22-12(3)7-11(2)19-22/h7,10H,4-6,8-9,16H2,1-3H3. The summed E-state index contributed by atoms with van der Waals surface area (Å²) in [6.07, 6.45) is 2.27. The highest BCUT2D eigenvalue weighted by atomic mass is 32.2. The van der Waals surface area contributed by atoms with Crippen molar-refractivity contribution in [2.75, 3.05) is 24.7 Å². The van der Waals surface area contributed by atoms with Crippen LogP contribution >= 0.6 is 11.8 Å². The van der Waals surface area contributed by atoms with Crippen molar-refractivity contribution in [2.45, 2.75) is 38.8 Å². The molecule has 130 valence electrons. The van der Waals surface area contributed by atoms with E-state index in [4.69, 9.17) is 5.84 Å². The highest BCUT2D eigenvalue weighted by Crippen LogP contribution is 2.20. The van der Waals surface area contributed by atoms with E-state index in [1.807, 2.05) is 24.8 Å². The number of hydrogen-bond acceptors (Lipinski definition) is 6. The number of nitrogen functional groups attached to an aromatic ring is 1. The highest BCUT2D eigenvalue weighted by molar-refractivity contribution is 7.99. The molecule has 0 radical (unpaired) electrons. The number of aromatic nitrogens is 5. The molecular formula is C15H23N7OS. The Morgan fingerprint density at radius 2 is 2.21 bits per heavy atom. The second-order valence-electron chi connectivity index (χ2n) is 6.37. The van der Waals surface area contributed by atoms with Gasteiger partial charge in [0.2, 0.25) is 11.1 Å². The number of aryl methyl sites for hydroxylation is 2. The number of carbonyl (C=O) groups excluding carboxylic acids is 1. The Morgan fingerprint density at radius 3 is 2.88 bits per heavy atom. The van der Waals surface area contributed by atoms with Crippen LogP contribution in [0, 0.1) is 19.8 Å². The van der Waals surface area contributed by atoms with Crippen LogP contribution in [0.3, 0.4) is 0 Å². The van der Waals surface area contributed by atoms with E-state index in [-0.39, 0.29) is 5.91 Å². The van der Waals surface area contributed by atoms with E-state index >= 15 is 0 Å². The van der Waals surface area contributed by atoms with Crippen molar-refractivity contribution in [3.8, 4) is 5.95 Å². The molecular weight excluding hydrogens is 326 g/mol. The summed E-state index contributed by atoms with van der Waals surface area (Å²) in [4.78, 5) is 14.3. The van der Waals surface area contributed by atoms with Gasteiger partial charge in [-0.2, -0.15) is 5.10 Å². The molecule has 3 heterocycles. The van der Waals surface area contributed by atoms with Gasteiger partial charge in [0.15, 0.2) is 0 Å². The molecule has 24 heavy (non-hydrogen) atoms. The first-order valence-electron chi connectivity index (χ1n) is 8.10. The smallest absolute Gasteiger partial charge is 0.271 e. The van der Waals surface area contributed by atoms with Crippen molar-refractivity contribution < 1.29 is 4.79 Å². The van der Waals surface area contributed by atoms with Crippen LogP contribution in [0.2, 0.25) is 0 Å². The Bertz CT molecular complexity index is 738. The summed E-state index contributed by atoms with van der Waals surface area (Å²) < 4.78 is 3.04. The molecule has 2 aromatic heterocycles. The van der Waals surface area contributed by atoms with E-state index < -0.39 is 0 Å². The largest absolute Gasteiger partial charge is 0.342 e. The third-order valence-corrected chi connectivity index (χ3v) is 5.11. The molecule has 1 aliphatic heterocycles. The second-order valence-corrected chi connectivity index (χ2v) is 7.31. The van der Waals surface area contributed by atoms with Gasteiger partial charge in [-0.05, 0) is 38.7 Å². The lowest BCUT2D eigenvalue weighted by Crippen LogP contribution is -2.40. The van der Waals surface area contributed by atoms with Crippen molar-refractivity contribution in [3.05, 3.63) is 17.5 Å². The average molecular weight is 349 g/mol. The van der Waals surface area contributed by atoms with Crippen LogP contribution in [0.1, 0.15) is 31.2 Å². The van der Waals surface area contributed by atoms with Gasteiger partial charge in [0.1, 0.15) is 0 Å². The molecule has 0 aromatic carbocycles. The summed E-state index contributed by atoms with van der Waals surface area (Å²) in [6, 6.07) is 1.95. The zero-order valence-corrected chi connectivity index (χ0v) is 15.1. The Labute approximate surface area is 145 Å². The van der Waals surface area contributed by atoms with E-state index in [2.05, 4.69) is 22.2 Å². The molecule has 3 rings (SSSR count). The van der Waals surface area contributed by atoms with Crippen LogP contribution in [0.15, 0.2) is 11.2 Å². The molecule has 2 aromatic rings. The molecule has 0 spiro atoms. The second kappa shape index (κ2) is 6.84. The predicted octanol–water partition coefficient (Wildman–Crippen LogP) is 1.15. The Kier molecular flexibility index (Phi) is 4.79. The van der Waals surface area contributed by atoms with E-state index in [1.54, 1.807) is 4.68 Å². The number of carbonyl (C=O) groups is 1. The van der Waals surface area contributed by atoms with Crippen molar-refractivity contribution >= 4 is 17.7 Å². The van der Waals surface area contributed by atoms with Gasteiger partial charge >= 0.3 is 0 Å². The van der Waals surface area contributed by atoms with Gasteiger partial charge in [0, 0.05) is 18.8 Å². The molecule has 1 amide bonds. The normalized spacial score (nSPS) is 18.1. The number of thioether (sulfide) groups is 1. The summed E-state index contributed by atoms with van der Waals surface area (Å²) in [5, 5.41) is 13.1. The number of piperidine rings is 1. The zero-order chi connectivity index (χ0) is 17.3. The molecule has 8 nitrogen and oxygen atoms in total. The maximum Gasteiger partial charge on any atom is 0.271 e. The van der Waals surface area contributed by atoms with Crippen molar-refractivity contribution in [3.63, 3.8) is 0 Å². The Balaban J connectivity index is 1.66. The van der Waals surface area contributed by atoms with E-state index in [0.717, 1.165) is 30.9 Å².